The Hall–Kier alpha value is -2.38. The molecule has 136 valence electrons. The average molecular weight is 372 g/mol. The van der Waals surface area contributed by atoms with Gasteiger partial charge in [0.15, 0.2) is 0 Å². The van der Waals surface area contributed by atoms with Gasteiger partial charge in [-0.05, 0) is 42.7 Å². The van der Waals surface area contributed by atoms with Gasteiger partial charge in [-0.1, -0.05) is 18.2 Å². The summed E-state index contributed by atoms with van der Waals surface area (Å²) in [7, 11) is -3.68. The molecule has 7 heteroatoms. The molecule has 0 bridgehead atoms. The molecular formula is C19H20N2O4S. The van der Waals surface area contributed by atoms with Crippen LogP contribution in [0.4, 0.5) is 5.69 Å². The van der Waals surface area contributed by atoms with Gasteiger partial charge in [0.25, 0.3) is 0 Å². The van der Waals surface area contributed by atoms with Gasteiger partial charge in [-0.2, -0.15) is 0 Å². The van der Waals surface area contributed by atoms with Crippen molar-refractivity contribution in [3.63, 3.8) is 0 Å². The lowest BCUT2D eigenvalue weighted by molar-refractivity contribution is -0.116. The van der Waals surface area contributed by atoms with Gasteiger partial charge >= 0.3 is 0 Å². The van der Waals surface area contributed by atoms with Crippen molar-refractivity contribution < 1.29 is 17.9 Å². The summed E-state index contributed by atoms with van der Waals surface area (Å²) in [5.74, 6) is 0.687. The highest BCUT2D eigenvalue weighted by Crippen LogP contribution is 2.33. The SMILES string of the molecule is O=C1CCCc2cc(S(=O)(=O)N[C@@H]3CCOc4ccccc43)ccc2N1. The number of hydrogen-bond acceptors (Lipinski definition) is 4. The Balaban J connectivity index is 1.62. The number of fused-ring (bicyclic) bond motifs is 2. The fourth-order valence-electron chi connectivity index (χ4n) is 3.44. The number of carbonyl (C=O) groups is 1. The first-order valence-corrected chi connectivity index (χ1v) is 10.2. The minimum absolute atomic E-state index is 0.0312. The van der Waals surface area contributed by atoms with E-state index in [2.05, 4.69) is 10.0 Å². The summed E-state index contributed by atoms with van der Waals surface area (Å²) >= 11 is 0. The zero-order valence-electron chi connectivity index (χ0n) is 14.2. The number of para-hydroxylation sites is 1. The molecule has 26 heavy (non-hydrogen) atoms. The third kappa shape index (κ3) is 3.32. The van der Waals surface area contributed by atoms with Crippen LogP contribution in [0.15, 0.2) is 47.4 Å². The maximum absolute atomic E-state index is 12.9. The highest BCUT2D eigenvalue weighted by molar-refractivity contribution is 7.89. The molecule has 1 amide bonds. The van der Waals surface area contributed by atoms with Gasteiger partial charge in [-0.25, -0.2) is 13.1 Å². The lowest BCUT2D eigenvalue weighted by Crippen LogP contribution is -2.32. The van der Waals surface area contributed by atoms with Crippen LogP contribution in [-0.4, -0.2) is 20.9 Å². The minimum atomic E-state index is -3.68. The number of ether oxygens (including phenoxy) is 1. The largest absolute Gasteiger partial charge is 0.493 e. The van der Waals surface area contributed by atoms with Crippen molar-refractivity contribution in [2.45, 2.75) is 36.6 Å². The molecule has 0 fully saturated rings. The molecule has 0 saturated heterocycles. The van der Waals surface area contributed by atoms with Crippen LogP contribution in [0.5, 0.6) is 5.75 Å². The number of rotatable bonds is 3. The summed E-state index contributed by atoms with van der Waals surface area (Å²) < 4.78 is 34.2. The molecule has 2 aromatic rings. The molecule has 2 N–H and O–H groups in total. The molecule has 0 radical (unpaired) electrons. The fraction of sp³-hybridized carbons (Fsp3) is 0.316. The number of aryl methyl sites for hydroxylation is 1. The molecule has 0 saturated carbocycles. The van der Waals surface area contributed by atoms with E-state index in [0.29, 0.717) is 38.0 Å². The second-order valence-electron chi connectivity index (χ2n) is 6.57. The van der Waals surface area contributed by atoms with E-state index in [9.17, 15) is 13.2 Å². The second-order valence-corrected chi connectivity index (χ2v) is 8.28. The van der Waals surface area contributed by atoms with Gasteiger partial charge in [0.2, 0.25) is 15.9 Å². The van der Waals surface area contributed by atoms with Crippen LogP contribution in [0, 0.1) is 0 Å². The summed E-state index contributed by atoms with van der Waals surface area (Å²) in [6.45, 7) is 0.473. The highest BCUT2D eigenvalue weighted by Gasteiger charge is 2.27. The number of nitrogens with one attached hydrogen (secondary N) is 2. The van der Waals surface area contributed by atoms with E-state index < -0.39 is 10.0 Å². The van der Waals surface area contributed by atoms with Gasteiger partial charge in [-0.3, -0.25) is 4.79 Å². The van der Waals surface area contributed by atoms with Gasteiger partial charge in [0, 0.05) is 24.1 Å². The van der Waals surface area contributed by atoms with Gasteiger partial charge in [0.1, 0.15) is 5.75 Å². The standard InChI is InChI=1S/C19H20N2O4S/c22-19-7-3-4-13-12-14(8-9-16(13)20-19)26(23,24)21-17-10-11-25-18-6-2-1-5-15(17)18/h1-2,5-6,8-9,12,17,21H,3-4,7,10-11H2,(H,20,22)/t17-/m1/s1. The molecule has 0 aliphatic carbocycles. The van der Waals surface area contributed by atoms with Crippen LogP contribution < -0.4 is 14.8 Å². The van der Waals surface area contributed by atoms with Gasteiger partial charge in [0.05, 0.1) is 17.5 Å². The van der Waals surface area contributed by atoms with Crippen molar-refractivity contribution in [3.8, 4) is 5.75 Å². The topological polar surface area (TPSA) is 84.5 Å². The number of hydrogen-bond donors (Lipinski definition) is 2. The first kappa shape index (κ1) is 17.1. The normalized spacial score (nSPS) is 19.5. The predicted molar refractivity (Wildman–Crippen MR) is 97.6 cm³/mol. The predicted octanol–water partition coefficient (Wildman–Crippen LogP) is 2.76. The Kier molecular flexibility index (Phi) is 4.42. The zero-order valence-corrected chi connectivity index (χ0v) is 15.0. The molecule has 4 rings (SSSR count). The maximum Gasteiger partial charge on any atom is 0.241 e. The van der Waals surface area contributed by atoms with Crippen molar-refractivity contribution in [2.24, 2.45) is 0 Å². The summed E-state index contributed by atoms with van der Waals surface area (Å²) in [5.41, 5.74) is 2.40. The molecule has 2 aromatic carbocycles. The van der Waals surface area contributed by atoms with E-state index in [1.165, 1.54) is 6.07 Å². The molecule has 6 nitrogen and oxygen atoms in total. The van der Waals surface area contributed by atoms with Crippen LogP contribution >= 0.6 is 0 Å². The van der Waals surface area contributed by atoms with Crippen LogP contribution in [0.25, 0.3) is 0 Å². The Labute approximate surface area is 152 Å². The van der Waals surface area contributed by atoms with Crippen LogP contribution in [-0.2, 0) is 21.2 Å². The smallest absolute Gasteiger partial charge is 0.241 e. The highest BCUT2D eigenvalue weighted by atomic mass is 32.2. The van der Waals surface area contributed by atoms with Crippen LogP contribution in [0.2, 0.25) is 0 Å². The molecule has 0 aromatic heterocycles. The Bertz CT molecular complexity index is 956. The van der Waals surface area contributed by atoms with Gasteiger partial charge < -0.3 is 10.1 Å². The van der Waals surface area contributed by atoms with E-state index in [1.54, 1.807) is 12.1 Å². The zero-order chi connectivity index (χ0) is 18.1. The number of benzene rings is 2. The lowest BCUT2D eigenvalue weighted by Gasteiger charge is -2.26. The third-order valence-electron chi connectivity index (χ3n) is 4.77. The Morgan fingerprint density at radius 2 is 1.96 bits per heavy atom. The third-order valence-corrected chi connectivity index (χ3v) is 6.24. The average Bonchev–Trinajstić information content (AvgIpc) is 2.81. The Morgan fingerprint density at radius 3 is 2.85 bits per heavy atom. The van der Waals surface area contributed by atoms with E-state index in [4.69, 9.17) is 4.74 Å². The quantitative estimate of drug-likeness (QED) is 0.868. The molecule has 2 aliphatic rings. The molecule has 1 atom stereocenters. The monoisotopic (exact) mass is 372 g/mol. The second kappa shape index (κ2) is 6.74. The van der Waals surface area contributed by atoms with Crippen LogP contribution in [0.3, 0.4) is 0 Å². The number of amides is 1. The number of sulfonamides is 1. The van der Waals surface area contributed by atoms with Gasteiger partial charge in [-0.15, -0.1) is 0 Å². The molecule has 0 unspecified atom stereocenters. The minimum Gasteiger partial charge on any atom is -0.493 e. The van der Waals surface area contributed by atoms with E-state index in [1.807, 2.05) is 24.3 Å². The molecule has 0 spiro atoms. The first-order chi connectivity index (χ1) is 12.5. The summed E-state index contributed by atoms with van der Waals surface area (Å²) in [5, 5.41) is 2.82. The van der Waals surface area contributed by atoms with Crippen molar-refractivity contribution >= 4 is 21.6 Å². The van der Waals surface area contributed by atoms with Crippen molar-refractivity contribution in [3.05, 3.63) is 53.6 Å². The van der Waals surface area contributed by atoms with E-state index >= 15 is 0 Å². The number of carbonyl (C=O) groups excluding carboxylic acids is 1. The van der Waals surface area contributed by atoms with Crippen molar-refractivity contribution in [1.82, 2.24) is 4.72 Å². The van der Waals surface area contributed by atoms with E-state index in [0.717, 1.165) is 16.9 Å². The summed E-state index contributed by atoms with van der Waals surface area (Å²) in [6, 6.07) is 12.0. The van der Waals surface area contributed by atoms with Crippen molar-refractivity contribution in [2.75, 3.05) is 11.9 Å². The molecular weight excluding hydrogens is 352 g/mol. The first-order valence-electron chi connectivity index (χ1n) is 8.70. The number of anilines is 1. The summed E-state index contributed by atoms with van der Waals surface area (Å²) in [4.78, 5) is 11.9. The van der Waals surface area contributed by atoms with Crippen LogP contribution in [0.1, 0.15) is 36.4 Å². The summed E-state index contributed by atoms with van der Waals surface area (Å²) in [6.07, 6.45) is 2.42. The Morgan fingerprint density at radius 1 is 1.12 bits per heavy atom. The fourth-order valence-corrected chi connectivity index (χ4v) is 4.74. The van der Waals surface area contributed by atoms with Crippen molar-refractivity contribution in [1.29, 1.82) is 0 Å². The molecule has 2 aliphatic heterocycles. The molecule has 2 heterocycles. The van der Waals surface area contributed by atoms with E-state index in [-0.39, 0.29) is 16.8 Å². The lowest BCUT2D eigenvalue weighted by atomic mass is 10.0. The maximum atomic E-state index is 12.9.